The molecular weight excluding hydrogens is 1850 g/mol. The van der Waals surface area contributed by atoms with Crippen molar-refractivity contribution in [3.63, 3.8) is 0 Å². The van der Waals surface area contributed by atoms with E-state index in [1.807, 2.05) is 291 Å². The van der Waals surface area contributed by atoms with Gasteiger partial charge >= 0.3 is 0 Å². The molecule has 0 heterocycles. The van der Waals surface area contributed by atoms with Gasteiger partial charge in [0.15, 0.2) is 0 Å². The first-order valence-corrected chi connectivity index (χ1v) is 52.7. The lowest BCUT2D eigenvalue weighted by Crippen LogP contribution is -2.06. The van der Waals surface area contributed by atoms with Crippen molar-refractivity contribution in [2.45, 2.75) is 90.6 Å². The zero-order chi connectivity index (χ0) is 100. The Hall–Kier alpha value is -15.8. The van der Waals surface area contributed by atoms with E-state index in [0.717, 1.165) is 198 Å². The molecule has 6 N–H and O–H groups in total. The second-order valence-electron chi connectivity index (χ2n) is 36.1. The predicted molar refractivity (Wildman–Crippen MR) is 609 cm³/mol. The minimum absolute atomic E-state index is 0.244. The summed E-state index contributed by atoms with van der Waals surface area (Å²) in [5, 5.41) is 68.6. The van der Waals surface area contributed by atoms with Crippen molar-refractivity contribution < 1.29 is 40.1 Å². The van der Waals surface area contributed by atoms with Crippen molar-refractivity contribution in [2.24, 2.45) is 0 Å². The molecule has 0 saturated heterocycles. The average molecular weight is 1970 g/mol. The molecule has 716 valence electrons. The second kappa shape index (κ2) is 47.4. The van der Waals surface area contributed by atoms with Gasteiger partial charge in [-0.15, -0.1) is 47.0 Å². The predicted octanol–water partition coefficient (Wildman–Crippen LogP) is 36.2. The monoisotopic (exact) mass is 1960 g/mol. The second-order valence-corrected chi connectivity index (χ2v) is 40.2. The van der Waals surface area contributed by atoms with Gasteiger partial charge < -0.3 is 40.1 Å². The van der Waals surface area contributed by atoms with Gasteiger partial charge in [-0.05, 0) is 202 Å². The third-order valence-corrected chi connectivity index (χ3v) is 30.4. The largest absolute Gasteiger partial charge is 0.507 e. The van der Waals surface area contributed by atoms with E-state index in [1.165, 1.54) is 33.4 Å². The molecule has 0 bridgehead atoms. The Morgan fingerprint density at radius 1 is 0.179 bits per heavy atom. The summed E-state index contributed by atoms with van der Waals surface area (Å²) in [5.74, 6) is 6.33. The SMILES string of the molecule is Cc1ccc(-c2cc(C)cc(-c3ccccc3OCCCOc3ccccc3-c3cc(C)cc(-c4ccc(C)cc4C)c3O)c2O)c(C)c1.Oc1c(-c2ccccc2)cccc1-c1ccccc1SCc1cccc(CSc2ccccc2-c2cccc(-c3ccccc3)c2O)c1.Oc1c(-c2ccccc2)cccc1-c1ccccc1SCc1ccccc1CSc1ccccc1-c1cccc(-c2ccccc2)c1O. The lowest BCUT2D eigenvalue weighted by atomic mass is 9.92. The van der Waals surface area contributed by atoms with E-state index in [-0.39, 0.29) is 11.5 Å². The molecule has 0 aliphatic rings. The highest BCUT2D eigenvalue weighted by atomic mass is 32.2. The van der Waals surface area contributed by atoms with Gasteiger partial charge in [-0.2, -0.15) is 0 Å². The number of rotatable bonds is 30. The molecule has 0 aliphatic carbocycles. The number of hydrogen-bond acceptors (Lipinski definition) is 12. The molecule has 0 spiro atoms. The van der Waals surface area contributed by atoms with E-state index in [1.54, 1.807) is 47.0 Å². The van der Waals surface area contributed by atoms with Crippen LogP contribution in [-0.4, -0.2) is 43.9 Å². The lowest BCUT2D eigenvalue weighted by molar-refractivity contribution is 0.248. The van der Waals surface area contributed by atoms with Crippen molar-refractivity contribution in [2.75, 3.05) is 13.2 Å². The van der Waals surface area contributed by atoms with Crippen molar-refractivity contribution in [3.8, 4) is 180 Å². The fourth-order valence-electron chi connectivity index (χ4n) is 18.7. The van der Waals surface area contributed by atoms with Gasteiger partial charge in [-0.1, -0.05) is 399 Å². The van der Waals surface area contributed by atoms with Gasteiger partial charge in [0.05, 0.1) is 13.2 Å². The first-order chi connectivity index (χ1) is 70.9. The number of hydrogen-bond donors (Lipinski definition) is 6. The van der Waals surface area contributed by atoms with Crippen LogP contribution < -0.4 is 9.47 Å². The summed E-state index contributed by atoms with van der Waals surface area (Å²) in [6, 6.07) is 151. The summed E-state index contributed by atoms with van der Waals surface area (Å²) in [7, 11) is 0. The first kappa shape index (κ1) is 99.3. The summed E-state index contributed by atoms with van der Waals surface area (Å²) in [4.78, 5) is 4.51. The van der Waals surface area contributed by atoms with Crippen LogP contribution in [-0.2, 0) is 23.0 Å². The fourth-order valence-corrected chi connectivity index (χ4v) is 22.9. The molecule has 20 rings (SSSR count). The number of phenolic OH excluding ortho intramolecular Hbond substituents is 6. The molecule has 0 fully saturated rings. The zero-order valence-corrected chi connectivity index (χ0v) is 85.1. The normalized spacial score (nSPS) is 11.0. The highest BCUT2D eigenvalue weighted by Gasteiger charge is 2.25. The van der Waals surface area contributed by atoms with E-state index in [9.17, 15) is 30.6 Å². The minimum atomic E-state index is 0.244. The fraction of sp³-hybridized carbons (Fsp3) is 0.0977. The maximum Gasteiger partial charge on any atom is 0.131 e. The number of aromatic hydroxyl groups is 6. The molecule has 0 amide bonds. The third-order valence-electron chi connectivity index (χ3n) is 25.9. The van der Waals surface area contributed by atoms with Crippen molar-refractivity contribution in [3.05, 3.63) is 505 Å². The molecule has 0 radical (unpaired) electrons. The topological polar surface area (TPSA) is 140 Å². The standard InChI is InChI=1S/C45H44O4.2C44H34O2S2/c1-28-16-18-34(32(5)22-28)38-24-30(3)26-40(44(38)46)36-12-7-9-14-42(36)48-20-11-21-49-43-15-10-8-13-37(43)41-27-31(4)25-39(45(41)47)35-19-17-29(2)23-33(35)6;45-43-35(33-16-3-1-4-17-33)22-12-24-39(43)37-20-7-9-26-41(37)47-29-31-14-11-15-32(28-31)30-48-42-27-10-8-21-38(42)40-25-13-23-36(44(40)46)34-18-5-2-6-19-34;45-43-35(31-15-3-1-4-16-31)23-13-25-39(43)37-21-9-11-27-41(37)47-29-33-19-7-8-20-34(33)30-48-42-28-12-10-22-38(42)40-26-14-24-36(44(40)46)32-17-5-2-6-18-32/h7-10,12-19,22-27,46-47H,11,20-21H2,1-6H3;2*1-28,45-46H,29-30H2. The van der Waals surface area contributed by atoms with Crippen LogP contribution in [0.5, 0.6) is 46.0 Å². The van der Waals surface area contributed by atoms with E-state index in [0.29, 0.717) is 54.1 Å². The van der Waals surface area contributed by atoms with Gasteiger partial charge in [0.2, 0.25) is 0 Å². The molecule has 0 aliphatic heterocycles. The van der Waals surface area contributed by atoms with E-state index in [4.69, 9.17) is 9.47 Å². The zero-order valence-electron chi connectivity index (χ0n) is 81.8. The number of benzene rings is 20. The molecular formula is C133H112O8S4. The average Bonchev–Trinajstić information content (AvgIpc) is 0.775. The van der Waals surface area contributed by atoms with Crippen molar-refractivity contribution >= 4 is 47.0 Å². The maximum atomic E-state index is 11.5. The highest BCUT2D eigenvalue weighted by molar-refractivity contribution is 7.99. The van der Waals surface area contributed by atoms with Crippen LogP contribution in [0.4, 0.5) is 0 Å². The van der Waals surface area contributed by atoms with Gasteiger partial charge in [-0.3, -0.25) is 0 Å². The van der Waals surface area contributed by atoms with Crippen LogP contribution in [0, 0.1) is 41.5 Å². The number of para-hydroxylation sites is 6. The van der Waals surface area contributed by atoms with Gasteiger partial charge in [0.1, 0.15) is 46.0 Å². The molecule has 0 atom stereocenters. The number of aryl methyl sites for hydroxylation is 6. The van der Waals surface area contributed by atoms with Crippen molar-refractivity contribution in [1.29, 1.82) is 0 Å². The Morgan fingerprint density at radius 3 is 0.731 bits per heavy atom. The van der Waals surface area contributed by atoms with E-state index in [2.05, 4.69) is 199 Å². The van der Waals surface area contributed by atoms with Crippen LogP contribution in [0.2, 0.25) is 0 Å². The molecule has 8 nitrogen and oxygen atoms in total. The third kappa shape index (κ3) is 23.8. The van der Waals surface area contributed by atoms with Gasteiger partial charge in [0, 0.05) is 127 Å². The van der Waals surface area contributed by atoms with Gasteiger partial charge in [0.25, 0.3) is 0 Å². The van der Waals surface area contributed by atoms with Crippen LogP contribution in [0.3, 0.4) is 0 Å². The van der Waals surface area contributed by atoms with Crippen LogP contribution in [0.15, 0.2) is 468 Å². The van der Waals surface area contributed by atoms with Crippen molar-refractivity contribution in [1.82, 2.24) is 0 Å². The van der Waals surface area contributed by atoms with Crippen LogP contribution in [0.25, 0.3) is 134 Å². The summed E-state index contributed by atoms with van der Waals surface area (Å²) < 4.78 is 12.6. The molecule has 145 heavy (non-hydrogen) atoms. The minimum Gasteiger partial charge on any atom is -0.507 e. The molecule has 0 aromatic heterocycles. The lowest BCUT2D eigenvalue weighted by Gasteiger charge is -2.18. The Bertz CT molecular complexity index is 7480. The van der Waals surface area contributed by atoms with E-state index < -0.39 is 0 Å². The Balaban J connectivity index is 0.000000143. The highest BCUT2D eigenvalue weighted by Crippen LogP contribution is 2.51. The Labute approximate surface area is 868 Å². The first-order valence-electron chi connectivity index (χ1n) is 48.7. The number of thioether (sulfide) groups is 4. The summed E-state index contributed by atoms with van der Waals surface area (Å²) in [5.41, 5.74) is 33.4. The number of ether oxygens (including phenoxy) is 2. The molecule has 20 aromatic carbocycles. The molecule has 12 heteroatoms. The maximum absolute atomic E-state index is 11.5. The van der Waals surface area contributed by atoms with Crippen LogP contribution >= 0.6 is 47.0 Å². The molecule has 0 saturated carbocycles. The molecule has 20 aromatic rings. The Morgan fingerprint density at radius 2 is 0.421 bits per heavy atom. The smallest absolute Gasteiger partial charge is 0.131 e. The van der Waals surface area contributed by atoms with Crippen LogP contribution in [0.1, 0.15) is 62.1 Å². The van der Waals surface area contributed by atoms with Gasteiger partial charge in [-0.25, -0.2) is 0 Å². The molecule has 0 unspecified atom stereocenters. The Kier molecular flexibility index (Phi) is 32.5. The van der Waals surface area contributed by atoms with E-state index >= 15 is 0 Å². The number of phenols is 6. The summed E-state index contributed by atoms with van der Waals surface area (Å²) in [6.45, 7) is 13.3. The summed E-state index contributed by atoms with van der Waals surface area (Å²) >= 11 is 7.15. The quantitative estimate of drug-likeness (QED) is 0.0189. The summed E-state index contributed by atoms with van der Waals surface area (Å²) in [6.07, 6.45) is 0.643.